The van der Waals surface area contributed by atoms with Gasteiger partial charge in [0, 0.05) is 32.7 Å². The van der Waals surface area contributed by atoms with Crippen molar-refractivity contribution >= 4 is 0 Å². The molecule has 0 spiro atoms. The van der Waals surface area contributed by atoms with E-state index in [0.717, 1.165) is 0 Å². The second-order valence-corrected chi connectivity index (χ2v) is 2.04. The Bertz CT molecular complexity index is 152. The van der Waals surface area contributed by atoms with Crippen molar-refractivity contribution in [2.24, 2.45) is 0 Å². The number of aromatic hydroxyl groups is 1. The number of phenols is 1. The smallest absolute Gasteiger partial charge is 0.115 e. The van der Waals surface area contributed by atoms with Gasteiger partial charge in [-0.15, -0.1) is 0 Å². The molecule has 0 fully saturated rings. The Labute approximate surface area is 129 Å². The van der Waals surface area contributed by atoms with Crippen LogP contribution in [0.5, 0.6) is 5.75 Å². The second-order valence-electron chi connectivity index (χ2n) is 2.04. The van der Waals surface area contributed by atoms with Gasteiger partial charge >= 0.3 is 0 Å². The molecule has 1 aromatic carbocycles. The summed E-state index contributed by atoms with van der Waals surface area (Å²) in [6.45, 7) is 12.2. The van der Waals surface area contributed by atoms with E-state index in [1.165, 1.54) is 6.42 Å². The maximum Gasteiger partial charge on any atom is 0.115 e. The van der Waals surface area contributed by atoms with Crippen LogP contribution in [0.25, 0.3) is 0 Å². The van der Waals surface area contributed by atoms with E-state index < -0.39 is 0 Å². The molecule has 0 aliphatic heterocycles. The molecule has 0 aliphatic rings. The molecule has 0 aliphatic carbocycles. The van der Waals surface area contributed by atoms with Crippen molar-refractivity contribution in [2.75, 3.05) is 0 Å². The van der Waals surface area contributed by atoms with Crippen LogP contribution in [0.3, 0.4) is 0 Å². The van der Waals surface area contributed by atoms with Crippen molar-refractivity contribution in [3.63, 3.8) is 0 Å². The summed E-state index contributed by atoms with van der Waals surface area (Å²) in [7, 11) is 0. The van der Waals surface area contributed by atoms with E-state index in [-0.39, 0.29) is 40.1 Å². The van der Waals surface area contributed by atoms with E-state index in [4.69, 9.17) is 5.11 Å². The summed E-state index contributed by atoms with van der Waals surface area (Å²) >= 11 is 0. The molecule has 0 saturated carbocycles. The molecule has 0 saturated heterocycles. The third-order valence-electron chi connectivity index (χ3n) is 0.756. The van der Waals surface area contributed by atoms with Gasteiger partial charge in [0.05, 0.1) is 0 Å². The topological polar surface area (TPSA) is 20.2 Å². The van der Waals surface area contributed by atoms with E-state index in [2.05, 4.69) is 13.8 Å². The zero-order valence-electron chi connectivity index (χ0n) is 12.1. The monoisotopic (exact) mass is 302 g/mol. The van der Waals surface area contributed by atoms with Crippen LogP contribution in [0, 0.1) is 7.43 Å². The summed E-state index contributed by atoms with van der Waals surface area (Å²) in [5, 5.41) is 8.63. The van der Waals surface area contributed by atoms with Crippen molar-refractivity contribution < 1.29 is 37.8 Å². The molecule has 2 heteroatoms. The normalized spacial score (nSPS) is 5.62. The number of benzene rings is 1. The molecule has 0 heterocycles. The van der Waals surface area contributed by atoms with Gasteiger partial charge in [-0.1, -0.05) is 66.2 Å². The summed E-state index contributed by atoms with van der Waals surface area (Å²) in [5.74, 6) is 0.322. The van der Waals surface area contributed by atoms with Crippen LogP contribution in [-0.4, -0.2) is 5.11 Å². The molecule has 95 valence electrons. The minimum Gasteiger partial charge on any atom is -0.508 e. The van der Waals surface area contributed by atoms with Gasteiger partial charge in [0.2, 0.25) is 0 Å². The zero-order valence-corrected chi connectivity index (χ0v) is 15.0. The molecule has 16 heavy (non-hydrogen) atoms. The Hall–Kier alpha value is 0.124. The van der Waals surface area contributed by atoms with Crippen LogP contribution < -0.4 is 0 Å². The molecule has 0 unspecified atom stereocenters. The first-order chi connectivity index (χ1) is 6.81. The predicted octanol–water partition coefficient (Wildman–Crippen LogP) is 5.31. The summed E-state index contributed by atoms with van der Waals surface area (Å²) in [4.78, 5) is 0. The van der Waals surface area contributed by atoms with Gasteiger partial charge in [-0.2, -0.15) is 0 Å². The molecule has 1 radical (unpaired) electrons. The van der Waals surface area contributed by atoms with E-state index >= 15 is 0 Å². The van der Waals surface area contributed by atoms with Crippen molar-refractivity contribution in [2.45, 2.75) is 48.0 Å². The Morgan fingerprint density at radius 1 is 0.875 bits per heavy atom. The predicted molar refractivity (Wildman–Crippen MR) is 73.2 cm³/mol. The first kappa shape index (κ1) is 29.8. The number of rotatable bonds is 0. The molecule has 1 nitrogen and oxygen atoms in total. The fourth-order valence-corrected chi connectivity index (χ4v) is 0.428. The van der Waals surface area contributed by atoms with Crippen molar-refractivity contribution in [3.05, 3.63) is 37.8 Å². The molecule has 0 atom stereocenters. The molecule has 0 amide bonds. The second kappa shape index (κ2) is 36.2. The zero-order chi connectivity index (χ0) is 11.8. The maximum atomic E-state index is 8.63. The number of para-hydroxylation sites is 1. The van der Waals surface area contributed by atoms with Gasteiger partial charge < -0.3 is 12.5 Å². The van der Waals surface area contributed by atoms with Gasteiger partial charge in [0.15, 0.2) is 0 Å². The molecule has 1 aromatic rings. The molecular formula is C14H29OY-. The Balaban J connectivity index is -0.0000000394. The minimum absolute atomic E-state index is 0. The van der Waals surface area contributed by atoms with Crippen LogP contribution in [0.15, 0.2) is 30.3 Å². The molecule has 1 rings (SSSR count). The van der Waals surface area contributed by atoms with Gasteiger partial charge in [-0.25, -0.2) is 0 Å². The first-order valence-corrected chi connectivity index (χ1v) is 5.55. The largest absolute Gasteiger partial charge is 0.508 e. The summed E-state index contributed by atoms with van der Waals surface area (Å²) in [6.07, 6.45) is 1.25. The third-order valence-corrected chi connectivity index (χ3v) is 0.756. The summed E-state index contributed by atoms with van der Waals surface area (Å²) < 4.78 is 0. The van der Waals surface area contributed by atoms with Gasteiger partial charge in [0.25, 0.3) is 0 Å². The molecular weight excluding hydrogens is 273 g/mol. The standard InChI is InChI=1S/C6H6O.C3H8.2C2H6.CH3.Y/c7-6-4-2-1-3-5-6;1-3-2;2*1-2;;/h1-5,7H;3H2,1-2H3;2*1-2H3;1H3;/q;;;;-1;. The Kier molecular flexibility index (Phi) is 67.5. The van der Waals surface area contributed by atoms with Gasteiger partial charge in [0.1, 0.15) is 5.75 Å². The number of hydrogen-bond acceptors (Lipinski definition) is 1. The van der Waals surface area contributed by atoms with E-state index in [0.29, 0.717) is 5.75 Å². The Morgan fingerprint density at radius 3 is 1.25 bits per heavy atom. The number of phenolic OH excluding ortho intramolecular Hbond substituents is 1. The van der Waals surface area contributed by atoms with Crippen LogP contribution in [0.2, 0.25) is 0 Å². The van der Waals surface area contributed by atoms with E-state index in [1.807, 2.05) is 33.8 Å². The van der Waals surface area contributed by atoms with Crippen LogP contribution in [0.1, 0.15) is 48.0 Å². The van der Waals surface area contributed by atoms with E-state index in [9.17, 15) is 0 Å². The quantitative estimate of drug-likeness (QED) is 0.644. The van der Waals surface area contributed by atoms with Crippen LogP contribution >= 0.6 is 0 Å². The fourth-order valence-electron chi connectivity index (χ4n) is 0.428. The van der Waals surface area contributed by atoms with Gasteiger partial charge in [-0.05, 0) is 12.1 Å². The van der Waals surface area contributed by atoms with Crippen LogP contribution in [-0.2, 0) is 32.7 Å². The SMILES string of the molecule is CC.CC.CCC.Oc1ccccc1.[CH3-].[Y]. The number of hydrogen-bond donors (Lipinski definition) is 1. The maximum absolute atomic E-state index is 8.63. The Morgan fingerprint density at radius 2 is 1.12 bits per heavy atom. The average molecular weight is 302 g/mol. The third kappa shape index (κ3) is 36.9. The first-order valence-electron chi connectivity index (χ1n) is 5.55. The molecule has 1 N–H and O–H groups in total. The fraction of sp³-hybridized carbons (Fsp3) is 0.500. The molecule has 0 aromatic heterocycles. The summed E-state index contributed by atoms with van der Waals surface area (Å²) in [6, 6.07) is 8.71. The van der Waals surface area contributed by atoms with Crippen molar-refractivity contribution in [3.8, 4) is 5.75 Å². The van der Waals surface area contributed by atoms with Crippen molar-refractivity contribution in [1.82, 2.24) is 0 Å². The average Bonchev–Trinajstić information content (AvgIpc) is 2.26. The van der Waals surface area contributed by atoms with Gasteiger partial charge in [-0.3, -0.25) is 0 Å². The van der Waals surface area contributed by atoms with Crippen molar-refractivity contribution in [1.29, 1.82) is 0 Å². The minimum atomic E-state index is 0. The van der Waals surface area contributed by atoms with E-state index in [1.54, 1.807) is 24.3 Å². The van der Waals surface area contributed by atoms with Crippen LogP contribution in [0.4, 0.5) is 0 Å². The molecule has 0 bridgehead atoms. The summed E-state index contributed by atoms with van der Waals surface area (Å²) in [5.41, 5.74) is 0.